The standard InChI is InChI=1S/C22H30/c1-6-7-8-9-22(20-12-10-16(2)18(4)14-20)21-13-11-17(3)19(5)15-21/h10-15,22H,6-9H2,1-5H3. The number of hydrogen-bond donors (Lipinski definition) is 0. The lowest BCUT2D eigenvalue weighted by Crippen LogP contribution is -2.03. The first-order valence-corrected chi connectivity index (χ1v) is 8.67. The predicted octanol–water partition coefficient (Wildman–Crippen LogP) is 6.63. The zero-order valence-corrected chi connectivity index (χ0v) is 14.9. The van der Waals surface area contributed by atoms with Gasteiger partial charge in [-0.05, 0) is 67.5 Å². The summed E-state index contributed by atoms with van der Waals surface area (Å²) in [4.78, 5) is 0. The molecule has 0 N–H and O–H groups in total. The lowest BCUT2D eigenvalue weighted by molar-refractivity contribution is 0.618. The number of benzene rings is 2. The highest BCUT2D eigenvalue weighted by Crippen LogP contribution is 2.32. The molecule has 0 unspecified atom stereocenters. The molecule has 0 aromatic heterocycles. The Labute approximate surface area is 136 Å². The smallest absolute Gasteiger partial charge is 0.00895 e. The quantitative estimate of drug-likeness (QED) is 0.524. The molecule has 0 saturated heterocycles. The van der Waals surface area contributed by atoms with Crippen molar-refractivity contribution in [2.24, 2.45) is 0 Å². The van der Waals surface area contributed by atoms with E-state index in [1.807, 2.05) is 0 Å². The van der Waals surface area contributed by atoms with Crippen molar-refractivity contribution in [3.05, 3.63) is 69.8 Å². The van der Waals surface area contributed by atoms with E-state index in [-0.39, 0.29) is 0 Å². The van der Waals surface area contributed by atoms with Gasteiger partial charge in [0.25, 0.3) is 0 Å². The minimum absolute atomic E-state index is 0.533. The lowest BCUT2D eigenvalue weighted by Gasteiger charge is -2.20. The van der Waals surface area contributed by atoms with Crippen LogP contribution in [-0.4, -0.2) is 0 Å². The van der Waals surface area contributed by atoms with Crippen LogP contribution in [0.1, 0.15) is 71.9 Å². The summed E-state index contributed by atoms with van der Waals surface area (Å²) >= 11 is 0. The van der Waals surface area contributed by atoms with Crippen LogP contribution in [0, 0.1) is 27.7 Å². The molecule has 0 radical (unpaired) electrons. The Morgan fingerprint density at radius 2 is 1.18 bits per heavy atom. The van der Waals surface area contributed by atoms with Gasteiger partial charge in [-0.1, -0.05) is 62.6 Å². The zero-order chi connectivity index (χ0) is 16.1. The fourth-order valence-corrected chi connectivity index (χ4v) is 3.09. The second-order valence-electron chi connectivity index (χ2n) is 6.74. The molecule has 0 saturated carbocycles. The van der Waals surface area contributed by atoms with E-state index >= 15 is 0 Å². The van der Waals surface area contributed by atoms with Gasteiger partial charge in [0, 0.05) is 5.92 Å². The van der Waals surface area contributed by atoms with Gasteiger partial charge in [0.05, 0.1) is 0 Å². The van der Waals surface area contributed by atoms with E-state index in [1.54, 1.807) is 0 Å². The first-order chi connectivity index (χ1) is 10.5. The molecule has 2 aromatic rings. The van der Waals surface area contributed by atoms with Gasteiger partial charge < -0.3 is 0 Å². The van der Waals surface area contributed by atoms with Gasteiger partial charge in [0.1, 0.15) is 0 Å². The molecule has 0 nitrogen and oxygen atoms in total. The van der Waals surface area contributed by atoms with Crippen molar-refractivity contribution in [2.75, 3.05) is 0 Å². The van der Waals surface area contributed by atoms with Crippen LogP contribution in [0.25, 0.3) is 0 Å². The number of unbranched alkanes of at least 4 members (excludes halogenated alkanes) is 2. The van der Waals surface area contributed by atoms with Crippen LogP contribution < -0.4 is 0 Å². The average molecular weight is 294 g/mol. The first-order valence-electron chi connectivity index (χ1n) is 8.67. The van der Waals surface area contributed by atoms with Crippen molar-refractivity contribution in [3.63, 3.8) is 0 Å². The molecular formula is C22H30. The van der Waals surface area contributed by atoms with Crippen LogP contribution in [0.5, 0.6) is 0 Å². The van der Waals surface area contributed by atoms with Crippen molar-refractivity contribution >= 4 is 0 Å². The maximum absolute atomic E-state index is 2.39. The second kappa shape index (κ2) is 7.63. The largest absolute Gasteiger partial charge is 0.0654 e. The minimum atomic E-state index is 0.533. The van der Waals surface area contributed by atoms with Crippen LogP contribution in [0.4, 0.5) is 0 Å². The molecule has 2 rings (SSSR count). The molecule has 0 heteroatoms. The minimum Gasteiger partial charge on any atom is -0.0654 e. The summed E-state index contributed by atoms with van der Waals surface area (Å²) in [5.74, 6) is 0.533. The van der Waals surface area contributed by atoms with Crippen molar-refractivity contribution in [3.8, 4) is 0 Å². The molecule has 0 bridgehead atoms. The van der Waals surface area contributed by atoms with Gasteiger partial charge in [-0.2, -0.15) is 0 Å². The fourth-order valence-electron chi connectivity index (χ4n) is 3.09. The van der Waals surface area contributed by atoms with Crippen molar-refractivity contribution < 1.29 is 0 Å². The van der Waals surface area contributed by atoms with Crippen LogP contribution in [0.15, 0.2) is 36.4 Å². The second-order valence-corrected chi connectivity index (χ2v) is 6.74. The summed E-state index contributed by atoms with van der Waals surface area (Å²) in [5.41, 5.74) is 8.53. The van der Waals surface area contributed by atoms with E-state index in [9.17, 15) is 0 Å². The molecule has 2 aromatic carbocycles. The molecule has 0 fully saturated rings. The van der Waals surface area contributed by atoms with Gasteiger partial charge in [-0.25, -0.2) is 0 Å². The number of rotatable bonds is 6. The Kier molecular flexibility index (Phi) is 5.83. The monoisotopic (exact) mass is 294 g/mol. The molecule has 0 aliphatic heterocycles. The molecule has 0 atom stereocenters. The van der Waals surface area contributed by atoms with Gasteiger partial charge in [0.2, 0.25) is 0 Å². The molecule has 0 amide bonds. The van der Waals surface area contributed by atoms with Crippen LogP contribution in [0.3, 0.4) is 0 Å². The molecule has 22 heavy (non-hydrogen) atoms. The summed E-state index contributed by atoms with van der Waals surface area (Å²) in [6.45, 7) is 11.1. The first kappa shape index (κ1) is 16.8. The van der Waals surface area contributed by atoms with Gasteiger partial charge >= 0.3 is 0 Å². The highest BCUT2D eigenvalue weighted by Gasteiger charge is 2.15. The maximum Gasteiger partial charge on any atom is 0.00895 e. The number of aryl methyl sites for hydroxylation is 4. The van der Waals surface area contributed by atoms with E-state index in [4.69, 9.17) is 0 Å². The summed E-state index contributed by atoms with van der Waals surface area (Å²) in [6, 6.07) is 14.0. The molecule has 0 heterocycles. The number of hydrogen-bond acceptors (Lipinski definition) is 0. The normalized spacial score (nSPS) is 11.2. The maximum atomic E-state index is 2.39. The molecule has 118 valence electrons. The van der Waals surface area contributed by atoms with Crippen molar-refractivity contribution in [2.45, 2.75) is 66.2 Å². The summed E-state index contributed by atoms with van der Waals surface area (Å²) in [6.07, 6.45) is 5.17. The van der Waals surface area contributed by atoms with E-state index in [0.717, 1.165) is 0 Å². The molecule has 0 aliphatic carbocycles. The zero-order valence-electron chi connectivity index (χ0n) is 14.9. The van der Waals surface area contributed by atoms with Crippen LogP contribution in [-0.2, 0) is 0 Å². The lowest BCUT2D eigenvalue weighted by atomic mass is 9.84. The van der Waals surface area contributed by atoms with Crippen LogP contribution >= 0.6 is 0 Å². The average Bonchev–Trinajstić information content (AvgIpc) is 2.50. The highest BCUT2D eigenvalue weighted by atomic mass is 14.2. The summed E-state index contributed by atoms with van der Waals surface area (Å²) in [7, 11) is 0. The van der Waals surface area contributed by atoms with Crippen molar-refractivity contribution in [1.29, 1.82) is 0 Å². The Morgan fingerprint density at radius 1 is 0.682 bits per heavy atom. The third kappa shape index (κ3) is 4.00. The third-order valence-electron chi connectivity index (χ3n) is 4.96. The predicted molar refractivity (Wildman–Crippen MR) is 97.8 cm³/mol. The van der Waals surface area contributed by atoms with E-state index in [0.29, 0.717) is 5.92 Å². The van der Waals surface area contributed by atoms with E-state index in [2.05, 4.69) is 71.0 Å². The molecule has 0 spiro atoms. The van der Waals surface area contributed by atoms with Gasteiger partial charge in [-0.15, -0.1) is 0 Å². The summed E-state index contributed by atoms with van der Waals surface area (Å²) < 4.78 is 0. The molecular weight excluding hydrogens is 264 g/mol. The Balaban J connectivity index is 2.36. The van der Waals surface area contributed by atoms with Gasteiger partial charge in [0.15, 0.2) is 0 Å². The molecule has 0 aliphatic rings. The fraction of sp³-hybridized carbons (Fsp3) is 0.455. The van der Waals surface area contributed by atoms with Gasteiger partial charge in [-0.3, -0.25) is 0 Å². The SMILES string of the molecule is CCCCCC(c1ccc(C)c(C)c1)c1ccc(C)c(C)c1. The Hall–Kier alpha value is -1.56. The highest BCUT2D eigenvalue weighted by molar-refractivity contribution is 5.40. The topological polar surface area (TPSA) is 0 Å². The third-order valence-corrected chi connectivity index (χ3v) is 4.96. The van der Waals surface area contributed by atoms with Crippen molar-refractivity contribution in [1.82, 2.24) is 0 Å². The van der Waals surface area contributed by atoms with Crippen LogP contribution in [0.2, 0.25) is 0 Å². The van der Waals surface area contributed by atoms with E-state index < -0.39 is 0 Å². The Morgan fingerprint density at radius 3 is 1.59 bits per heavy atom. The Bertz CT molecular complexity index is 570. The summed E-state index contributed by atoms with van der Waals surface area (Å²) in [5, 5.41) is 0. The van der Waals surface area contributed by atoms with E-state index in [1.165, 1.54) is 59.1 Å².